The number of hydrogen-bond acceptors (Lipinski definition) is 1. The van der Waals surface area contributed by atoms with Crippen LogP contribution in [0.5, 0.6) is 0 Å². The van der Waals surface area contributed by atoms with Gasteiger partial charge in [-0.05, 0) is 18.6 Å². The summed E-state index contributed by atoms with van der Waals surface area (Å²) >= 11 is 0. The fraction of sp³-hybridized carbons (Fsp3) is 0.300. The quantitative estimate of drug-likeness (QED) is 0.812. The number of halogens is 3. The lowest BCUT2D eigenvalue weighted by molar-refractivity contribution is -0.146. The molecule has 1 aromatic carbocycles. The van der Waals surface area contributed by atoms with Gasteiger partial charge in [0.1, 0.15) is 0 Å². The summed E-state index contributed by atoms with van der Waals surface area (Å²) in [5.41, 5.74) is 4.82. The van der Waals surface area contributed by atoms with Crippen LogP contribution in [-0.4, -0.2) is 12.1 Å². The van der Waals surface area contributed by atoms with Gasteiger partial charge in [0.25, 0.3) is 0 Å². The van der Waals surface area contributed by atoms with Crippen molar-refractivity contribution in [3.63, 3.8) is 0 Å². The van der Waals surface area contributed by atoms with Gasteiger partial charge < -0.3 is 5.73 Å². The highest BCUT2D eigenvalue weighted by Crippen LogP contribution is 2.35. The van der Waals surface area contributed by atoms with Gasteiger partial charge in [-0.2, -0.15) is 13.2 Å². The SMILES string of the molecule is C[C@@H](c1ccccc1C(N)=O)C(F)(F)F. The van der Waals surface area contributed by atoms with E-state index in [1.165, 1.54) is 24.3 Å². The van der Waals surface area contributed by atoms with Gasteiger partial charge in [-0.15, -0.1) is 0 Å². The maximum Gasteiger partial charge on any atom is 0.395 e. The smallest absolute Gasteiger partial charge is 0.366 e. The van der Waals surface area contributed by atoms with E-state index in [2.05, 4.69) is 0 Å². The molecule has 1 amide bonds. The standard InChI is InChI=1S/C10H10F3NO/c1-6(10(11,12)13)7-4-2-3-5-8(7)9(14)15/h2-6H,1H3,(H2,14,15)/t6-/m0/s1. The molecule has 0 unspecified atom stereocenters. The minimum absolute atomic E-state index is 0.0812. The number of carbonyl (C=O) groups excluding carboxylic acids is 1. The van der Waals surface area contributed by atoms with Gasteiger partial charge in [0.2, 0.25) is 5.91 Å². The third kappa shape index (κ3) is 2.49. The van der Waals surface area contributed by atoms with Crippen molar-refractivity contribution >= 4 is 5.91 Å². The van der Waals surface area contributed by atoms with Crippen LogP contribution in [0, 0.1) is 0 Å². The molecule has 0 fully saturated rings. The number of benzene rings is 1. The predicted octanol–water partition coefficient (Wildman–Crippen LogP) is 2.45. The predicted molar refractivity (Wildman–Crippen MR) is 49.4 cm³/mol. The molecular weight excluding hydrogens is 207 g/mol. The molecule has 1 atom stereocenters. The van der Waals surface area contributed by atoms with Crippen molar-refractivity contribution in [1.82, 2.24) is 0 Å². The second-order valence-electron chi connectivity index (χ2n) is 3.21. The summed E-state index contributed by atoms with van der Waals surface area (Å²) in [6.45, 7) is 1.00. The highest BCUT2D eigenvalue weighted by molar-refractivity contribution is 5.94. The van der Waals surface area contributed by atoms with Crippen LogP contribution in [0.4, 0.5) is 13.2 Å². The van der Waals surface area contributed by atoms with Crippen LogP contribution < -0.4 is 5.73 Å². The minimum atomic E-state index is -4.37. The number of nitrogens with two attached hydrogens (primary N) is 1. The number of hydrogen-bond donors (Lipinski definition) is 1. The van der Waals surface area contributed by atoms with Gasteiger partial charge in [0, 0.05) is 5.56 Å². The molecule has 5 heteroatoms. The number of rotatable bonds is 2. The summed E-state index contributed by atoms with van der Waals surface area (Å²) in [7, 11) is 0. The Labute approximate surface area is 84.9 Å². The van der Waals surface area contributed by atoms with Gasteiger partial charge in [-0.3, -0.25) is 4.79 Å². The molecule has 1 rings (SSSR count). The van der Waals surface area contributed by atoms with Gasteiger partial charge in [-0.1, -0.05) is 18.2 Å². The van der Waals surface area contributed by atoms with Crippen molar-refractivity contribution < 1.29 is 18.0 Å². The van der Waals surface area contributed by atoms with E-state index in [1.807, 2.05) is 0 Å². The first-order chi connectivity index (χ1) is 6.84. The van der Waals surface area contributed by atoms with E-state index >= 15 is 0 Å². The van der Waals surface area contributed by atoms with Crippen LogP contribution in [0.15, 0.2) is 24.3 Å². The summed E-state index contributed by atoms with van der Waals surface area (Å²) in [4.78, 5) is 10.9. The van der Waals surface area contributed by atoms with E-state index in [-0.39, 0.29) is 11.1 Å². The van der Waals surface area contributed by atoms with Crippen molar-refractivity contribution in [2.75, 3.05) is 0 Å². The molecule has 2 N–H and O–H groups in total. The maximum absolute atomic E-state index is 12.4. The average molecular weight is 217 g/mol. The number of carbonyl (C=O) groups is 1. The Balaban J connectivity index is 3.19. The van der Waals surface area contributed by atoms with Crippen molar-refractivity contribution in [1.29, 1.82) is 0 Å². The third-order valence-corrected chi connectivity index (χ3v) is 2.18. The first kappa shape index (κ1) is 11.6. The lowest BCUT2D eigenvalue weighted by atomic mass is 9.95. The van der Waals surface area contributed by atoms with E-state index in [0.29, 0.717) is 0 Å². The average Bonchev–Trinajstić information content (AvgIpc) is 2.15. The van der Waals surface area contributed by atoms with E-state index < -0.39 is 18.0 Å². The molecule has 82 valence electrons. The Morgan fingerprint density at radius 3 is 2.33 bits per heavy atom. The Bertz CT molecular complexity index is 373. The molecule has 15 heavy (non-hydrogen) atoms. The molecule has 0 radical (unpaired) electrons. The lowest BCUT2D eigenvalue weighted by Gasteiger charge is -2.17. The van der Waals surface area contributed by atoms with E-state index in [4.69, 9.17) is 5.73 Å². The molecule has 0 aliphatic rings. The summed E-state index contributed by atoms with van der Waals surface area (Å²) in [6.07, 6.45) is -4.37. The van der Waals surface area contributed by atoms with Gasteiger partial charge in [0.05, 0.1) is 5.92 Å². The fourth-order valence-electron chi connectivity index (χ4n) is 1.28. The molecular formula is C10H10F3NO. The Kier molecular flexibility index (Phi) is 3.02. The van der Waals surface area contributed by atoms with Crippen LogP contribution in [0.1, 0.15) is 28.8 Å². The summed E-state index contributed by atoms with van der Waals surface area (Å²) in [5, 5.41) is 0. The zero-order valence-corrected chi connectivity index (χ0v) is 8.01. The fourth-order valence-corrected chi connectivity index (χ4v) is 1.28. The minimum Gasteiger partial charge on any atom is -0.366 e. The first-order valence-corrected chi connectivity index (χ1v) is 4.29. The number of primary amides is 1. The maximum atomic E-state index is 12.4. The normalized spacial score (nSPS) is 13.6. The molecule has 0 aromatic heterocycles. The van der Waals surface area contributed by atoms with Crippen LogP contribution >= 0.6 is 0 Å². The molecule has 0 aliphatic carbocycles. The summed E-state index contributed by atoms with van der Waals surface area (Å²) in [6, 6.07) is 5.48. The molecule has 0 saturated carbocycles. The van der Waals surface area contributed by atoms with Crippen molar-refractivity contribution in [3.05, 3.63) is 35.4 Å². The van der Waals surface area contributed by atoms with Gasteiger partial charge >= 0.3 is 6.18 Å². The van der Waals surface area contributed by atoms with Gasteiger partial charge in [0.15, 0.2) is 0 Å². The van der Waals surface area contributed by atoms with Crippen molar-refractivity contribution in [2.45, 2.75) is 19.0 Å². The molecule has 1 aromatic rings. The van der Waals surface area contributed by atoms with E-state index in [0.717, 1.165) is 6.92 Å². The zero-order chi connectivity index (χ0) is 11.6. The van der Waals surface area contributed by atoms with Gasteiger partial charge in [-0.25, -0.2) is 0 Å². The summed E-state index contributed by atoms with van der Waals surface area (Å²) < 4.78 is 37.3. The lowest BCUT2D eigenvalue weighted by Crippen LogP contribution is -2.22. The molecule has 0 spiro atoms. The molecule has 0 heterocycles. The molecule has 0 saturated heterocycles. The largest absolute Gasteiger partial charge is 0.395 e. The van der Waals surface area contributed by atoms with E-state index in [9.17, 15) is 18.0 Å². The topological polar surface area (TPSA) is 43.1 Å². The number of alkyl halides is 3. The first-order valence-electron chi connectivity index (χ1n) is 4.29. The zero-order valence-electron chi connectivity index (χ0n) is 8.01. The number of amides is 1. The van der Waals surface area contributed by atoms with Crippen molar-refractivity contribution in [3.8, 4) is 0 Å². The Hall–Kier alpha value is -1.52. The van der Waals surface area contributed by atoms with Crippen LogP contribution in [0.25, 0.3) is 0 Å². The molecule has 0 aliphatic heterocycles. The molecule has 2 nitrogen and oxygen atoms in total. The third-order valence-electron chi connectivity index (χ3n) is 2.18. The second-order valence-corrected chi connectivity index (χ2v) is 3.21. The Morgan fingerprint density at radius 1 is 1.33 bits per heavy atom. The highest BCUT2D eigenvalue weighted by Gasteiger charge is 2.38. The second kappa shape index (κ2) is 3.92. The van der Waals surface area contributed by atoms with E-state index in [1.54, 1.807) is 0 Å². The highest BCUT2D eigenvalue weighted by atomic mass is 19.4. The Morgan fingerprint density at radius 2 is 1.87 bits per heavy atom. The van der Waals surface area contributed by atoms with Crippen LogP contribution in [0.3, 0.4) is 0 Å². The van der Waals surface area contributed by atoms with Crippen LogP contribution in [-0.2, 0) is 0 Å². The van der Waals surface area contributed by atoms with Crippen LogP contribution in [0.2, 0.25) is 0 Å². The summed E-state index contributed by atoms with van der Waals surface area (Å²) in [5.74, 6) is -2.54. The molecule has 0 bridgehead atoms. The van der Waals surface area contributed by atoms with Crippen molar-refractivity contribution in [2.24, 2.45) is 5.73 Å². The monoisotopic (exact) mass is 217 g/mol.